The standard InChI is InChI=1S/C13H15FN4OS/c1-8(15-2)11-7-20-13(17-11)18-12(19)16-10-5-3-4-9(14)6-10/h3-8,15H,1-2H3,(H2,16,17,18,19). The molecule has 7 heteroatoms. The average molecular weight is 294 g/mol. The zero-order valence-corrected chi connectivity index (χ0v) is 11.9. The molecule has 1 atom stereocenters. The number of aromatic nitrogens is 1. The Morgan fingerprint density at radius 1 is 1.40 bits per heavy atom. The van der Waals surface area contributed by atoms with Crippen molar-refractivity contribution in [2.45, 2.75) is 13.0 Å². The smallest absolute Gasteiger partial charge is 0.312 e. The van der Waals surface area contributed by atoms with Crippen molar-refractivity contribution in [1.29, 1.82) is 0 Å². The van der Waals surface area contributed by atoms with Crippen molar-refractivity contribution in [2.75, 3.05) is 17.7 Å². The Morgan fingerprint density at radius 2 is 2.20 bits per heavy atom. The molecule has 2 amide bonds. The van der Waals surface area contributed by atoms with Crippen LogP contribution in [0.4, 0.5) is 20.0 Å². The highest BCUT2D eigenvalue weighted by atomic mass is 32.1. The average Bonchev–Trinajstić information content (AvgIpc) is 2.86. The summed E-state index contributed by atoms with van der Waals surface area (Å²) in [6.07, 6.45) is 0. The molecule has 2 aromatic rings. The summed E-state index contributed by atoms with van der Waals surface area (Å²) in [5.74, 6) is -0.401. The zero-order chi connectivity index (χ0) is 14.5. The van der Waals surface area contributed by atoms with Gasteiger partial charge in [-0.3, -0.25) is 5.32 Å². The third kappa shape index (κ3) is 3.75. The molecule has 0 bridgehead atoms. The number of carbonyl (C=O) groups excluding carboxylic acids is 1. The largest absolute Gasteiger partial charge is 0.325 e. The minimum Gasteiger partial charge on any atom is -0.312 e. The van der Waals surface area contributed by atoms with Gasteiger partial charge in [0.05, 0.1) is 5.69 Å². The lowest BCUT2D eigenvalue weighted by molar-refractivity contribution is 0.262. The minimum atomic E-state index is -0.450. The van der Waals surface area contributed by atoms with E-state index in [0.29, 0.717) is 10.8 Å². The first-order valence-electron chi connectivity index (χ1n) is 6.04. The number of anilines is 2. The summed E-state index contributed by atoms with van der Waals surface area (Å²) in [6.45, 7) is 1.98. The molecule has 3 N–H and O–H groups in total. The summed E-state index contributed by atoms with van der Waals surface area (Å²) in [6, 6.07) is 5.37. The Balaban J connectivity index is 1.96. The van der Waals surface area contributed by atoms with Gasteiger partial charge in [0.25, 0.3) is 0 Å². The summed E-state index contributed by atoms with van der Waals surface area (Å²) in [7, 11) is 1.84. The summed E-state index contributed by atoms with van der Waals surface area (Å²) in [4.78, 5) is 16.0. The van der Waals surface area contributed by atoms with E-state index in [4.69, 9.17) is 0 Å². The van der Waals surface area contributed by atoms with Crippen LogP contribution in [0.3, 0.4) is 0 Å². The Morgan fingerprint density at radius 3 is 2.90 bits per heavy atom. The number of nitrogens with zero attached hydrogens (tertiary/aromatic N) is 1. The van der Waals surface area contributed by atoms with E-state index in [9.17, 15) is 9.18 Å². The Kier molecular flexibility index (Phi) is 4.65. The Labute approximate surface area is 120 Å². The van der Waals surface area contributed by atoms with E-state index in [1.165, 1.54) is 29.5 Å². The monoisotopic (exact) mass is 294 g/mol. The van der Waals surface area contributed by atoms with E-state index in [1.54, 1.807) is 6.07 Å². The fourth-order valence-electron chi connectivity index (χ4n) is 1.52. The number of thiazole rings is 1. The SMILES string of the molecule is CNC(C)c1csc(NC(=O)Nc2cccc(F)c2)n1. The summed E-state index contributed by atoms with van der Waals surface area (Å²) >= 11 is 1.34. The second-order valence-corrected chi connectivity index (χ2v) is 5.04. The molecule has 1 heterocycles. The van der Waals surface area contributed by atoms with Crippen LogP contribution in [0.15, 0.2) is 29.6 Å². The highest BCUT2D eigenvalue weighted by Gasteiger charge is 2.10. The number of urea groups is 1. The fourth-order valence-corrected chi connectivity index (χ4v) is 2.31. The molecule has 0 saturated carbocycles. The van der Waals surface area contributed by atoms with Crippen molar-refractivity contribution < 1.29 is 9.18 Å². The van der Waals surface area contributed by atoms with Crippen molar-refractivity contribution in [1.82, 2.24) is 10.3 Å². The first-order chi connectivity index (χ1) is 9.58. The van der Waals surface area contributed by atoms with E-state index in [2.05, 4.69) is 20.9 Å². The van der Waals surface area contributed by atoms with Gasteiger partial charge in [0, 0.05) is 17.1 Å². The maximum absolute atomic E-state index is 13.0. The first kappa shape index (κ1) is 14.4. The molecule has 0 spiro atoms. The quantitative estimate of drug-likeness (QED) is 0.811. The molecule has 1 unspecified atom stereocenters. The molecule has 5 nitrogen and oxygen atoms in total. The van der Waals surface area contributed by atoms with Crippen molar-refractivity contribution in [2.24, 2.45) is 0 Å². The lowest BCUT2D eigenvalue weighted by atomic mass is 10.3. The van der Waals surface area contributed by atoms with Gasteiger partial charge in [0.15, 0.2) is 5.13 Å². The molecule has 1 aromatic heterocycles. The number of hydrogen-bond acceptors (Lipinski definition) is 4. The van der Waals surface area contributed by atoms with Crippen LogP contribution in [-0.2, 0) is 0 Å². The number of nitrogens with one attached hydrogen (secondary N) is 3. The lowest BCUT2D eigenvalue weighted by Gasteiger charge is -2.06. The van der Waals surface area contributed by atoms with Gasteiger partial charge >= 0.3 is 6.03 Å². The summed E-state index contributed by atoms with van der Waals surface area (Å²) < 4.78 is 13.0. The molecule has 20 heavy (non-hydrogen) atoms. The van der Waals surface area contributed by atoms with Gasteiger partial charge in [0.1, 0.15) is 5.82 Å². The predicted molar refractivity (Wildman–Crippen MR) is 78.6 cm³/mol. The molecule has 0 aliphatic rings. The van der Waals surface area contributed by atoms with Crippen LogP contribution in [-0.4, -0.2) is 18.1 Å². The van der Waals surface area contributed by atoms with Gasteiger partial charge in [-0.05, 0) is 32.2 Å². The Bertz CT molecular complexity index is 602. The number of amides is 2. The van der Waals surface area contributed by atoms with Crippen molar-refractivity contribution in [3.63, 3.8) is 0 Å². The van der Waals surface area contributed by atoms with E-state index in [0.717, 1.165) is 5.69 Å². The lowest BCUT2D eigenvalue weighted by Crippen LogP contribution is -2.19. The van der Waals surface area contributed by atoms with Gasteiger partial charge in [-0.2, -0.15) is 0 Å². The fraction of sp³-hybridized carbons (Fsp3) is 0.231. The summed E-state index contributed by atoms with van der Waals surface area (Å²) in [5, 5.41) is 10.6. The molecule has 0 saturated heterocycles. The molecule has 0 aliphatic heterocycles. The number of halogens is 1. The molecular weight excluding hydrogens is 279 g/mol. The third-order valence-corrected chi connectivity index (χ3v) is 3.48. The van der Waals surface area contributed by atoms with E-state index >= 15 is 0 Å². The van der Waals surface area contributed by atoms with Crippen LogP contribution < -0.4 is 16.0 Å². The van der Waals surface area contributed by atoms with E-state index < -0.39 is 11.8 Å². The molecule has 2 rings (SSSR count). The molecule has 0 fully saturated rings. The van der Waals surface area contributed by atoms with Crippen LogP contribution in [0.2, 0.25) is 0 Å². The van der Waals surface area contributed by atoms with Crippen LogP contribution in [0.5, 0.6) is 0 Å². The second kappa shape index (κ2) is 6.44. The molecule has 0 radical (unpaired) electrons. The van der Waals surface area contributed by atoms with Crippen LogP contribution in [0, 0.1) is 5.82 Å². The number of carbonyl (C=O) groups is 1. The van der Waals surface area contributed by atoms with Gasteiger partial charge in [-0.25, -0.2) is 14.2 Å². The minimum absolute atomic E-state index is 0.119. The molecular formula is C13H15FN4OS. The first-order valence-corrected chi connectivity index (χ1v) is 6.92. The normalized spacial score (nSPS) is 11.9. The zero-order valence-electron chi connectivity index (χ0n) is 11.1. The number of benzene rings is 1. The topological polar surface area (TPSA) is 66.0 Å². The van der Waals surface area contributed by atoms with Crippen LogP contribution in [0.25, 0.3) is 0 Å². The molecule has 106 valence electrons. The van der Waals surface area contributed by atoms with Crippen molar-refractivity contribution in [3.8, 4) is 0 Å². The van der Waals surface area contributed by atoms with Gasteiger partial charge in [-0.1, -0.05) is 6.07 Å². The van der Waals surface area contributed by atoms with Crippen LogP contribution >= 0.6 is 11.3 Å². The molecule has 1 aromatic carbocycles. The highest BCUT2D eigenvalue weighted by Crippen LogP contribution is 2.20. The number of hydrogen-bond donors (Lipinski definition) is 3. The van der Waals surface area contributed by atoms with Gasteiger partial charge in [-0.15, -0.1) is 11.3 Å². The van der Waals surface area contributed by atoms with Gasteiger partial charge in [0.2, 0.25) is 0 Å². The summed E-state index contributed by atoms with van der Waals surface area (Å²) in [5.41, 5.74) is 1.25. The van der Waals surface area contributed by atoms with E-state index in [1.807, 2.05) is 19.4 Å². The Hall–Kier alpha value is -1.99. The maximum atomic E-state index is 13.0. The van der Waals surface area contributed by atoms with Gasteiger partial charge < -0.3 is 10.6 Å². The maximum Gasteiger partial charge on any atom is 0.325 e. The highest BCUT2D eigenvalue weighted by molar-refractivity contribution is 7.13. The van der Waals surface area contributed by atoms with E-state index in [-0.39, 0.29) is 6.04 Å². The van der Waals surface area contributed by atoms with Crippen molar-refractivity contribution in [3.05, 3.63) is 41.2 Å². The molecule has 0 aliphatic carbocycles. The van der Waals surface area contributed by atoms with Crippen LogP contribution in [0.1, 0.15) is 18.7 Å². The number of rotatable bonds is 4. The van der Waals surface area contributed by atoms with Crippen molar-refractivity contribution >= 4 is 28.2 Å². The predicted octanol–water partition coefficient (Wildman–Crippen LogP) is 3.21. The second-order valence-electron chi connectivity index (χ2n) is 4.18. The third-order valence-electron chi connectivity index (χ3n) is 2.70.